The predicted molar refractivity (Wildman–Crippen MR) is 104 cm³/mol. The van der Waals surface area contributed by atoms with Crippen LogP contribution in [0.25, 0.3) is 10.8 Å². The summed E-state index contributed by atoms with van der Waals surface area (Å²) in [5.41, 5.74) is -0.822. The number of alkyl halides is 3. The Hall–Kier alpha value is -3.32. The normalized spacial score (nSPS) is 14.8. The number of carbonyl (C=O) groups excluding carboxylic acids is 2. The van der Waals surface area contributed by atoms with Gasteiger partial charge in [-0.25, -0.2) is 4.90 Å². The van der Waals surface area contributed by atoms with Crippen LogP contribution in [0.2, 0.25) is 0 Å². The van der Waals surface area contributed by atoms with Gasteiger partial charge in [0.2, 0.25) is 0 Å². The molecule has 0 fully saturated rings. The van der Waals surface area contributed by atoms with Crippen LogP contribution in [-0.4, -0.2) is 11.8 Å². The minimum absolute atomic E-state index is 0.00565. The number of hydrogen-bond acceptors (Lipinski definition) is 3. The maximum absolute atomic E-state index is 12.9. The van der Waals surface area contributed by atoms with Crippen molar-refractivity contribution in [2.24, 2.45) is 0 Å². The Bertz CT molecular complexity index is 1180. The Labute approximate surface area is 168 Å². The molecule has 3 aromatic rings. The lowest BCUT2D eigenvalue weighted by molar-refractivity contribution is -0.137. The van der Waals surface area contributed by atoms with Gasteiger partial charge in [0.25, 0.3) is 11.8 Å². The molecule has 0 radical (unpaired) electrons. The van der Waals surface area contributed by atoms with E-state index in [4.69, 9.17) is 11.6 Å². The molecule has 29 heavy (non-hydrogen) atoms. The van der Waals surface area contributed by atoms with E-state index in [9.17, 15) is 22.8 Å². The number of fused-ring (bicyclic) bond motifs is 1. The second-order valence-electron chi connectivity index (χ2n) is 6.34. The number of benzene rings is 3. The fourth-order valence-corrected chi connectivity index (χ4v) is 3.36. The van der Waals surface area contributed by atoms with E-state index in [0.29, 0.717) is 11.1 Å². The van der Waals surface area contributed by atoms with Gasteiger partial charge in [-0.1, -0.05) is 54.1 Å². The summed E-state index contributed by atoms with van der Waals surface area (Å²) in [7, 11) is 0. The van der Waals surface area contributed by atoms with Crippen LogP contribution < -0.4 is 10.2 Å². The van der Waals surface area contributed by atoms with Gasteiger partial charge < -0.3 is 5.32 Å². The van der Waals surface area contributed by atoms with Gasteiger partial charge in [-0.05, 0) is 29.7 Å². The van der Waals surface area contributed by atoms with Crippen LogP contribution in [0.5, 0.6) is 0 Å². The molecule has 0 atom stereocenters. The Morgan fingerprint density at radius 2 is 1.55 bits per heavy atom. The summed E-state index contributed by atoms with van der Waals surface area (Å²) >= 11 is 6.08. The molecule has 0 saturated heterocycles. The van der Waals surface area contributed by atoms with E-state index in [0.717, 1.165) is 22.4 Å². The monoisotopic (exact) mass is 416 g/mol. The molecule has 1 aliphatic rings. The molecule has 8 heteroatoms. The molecule has 4 rings (SSSR count). The first-order chi connectivity index (χ1) is 13.8. The summed E-state index contributed by atoms with van der Waals surface area (Å²) in [5.74, 6) is -1.49. The van der Waals surface area contributed by atoms with E-state index >= 15 is 0 Å². The lowest BCUT2D eigenvalue weighted by atomic mass is 10.1. The van der Waals surface area contributed by atoms with Gasteiger partial charge in [-0.3, -0.25) is 9.59 Å². The second kappa shape index (κ2) is 6.93. The van der Waals surface area contributed by atoms with Gasteiger partial charge in [0.05, 0.1) is 11.3 Å². The smallest absolute Gasteiger partial charge is 0.350 e. The fraction of sp³-hybridized carbons (Fsp3) is 0.0476. The van der Waals surface area contributed by atoms with E-state index in [-0.39, 0.29) is 16.4 Å². The first kappa shape index (κ1) is 19.0. The molecular weight excluding hydrogens is 405 g/mol. The minimum atomic E-state index is -4.54. The van der Waals surface area contributed by atoms with Crippen molar-refractivity contribution in [2.45, 2.75) is 6.18 Å². The van der Waals surface area contributed by atoms with E-state index in [1.54, 1.807) is 24.3 Å². The zero-order chi connectivity index (χ0) is 20.8. The van der Waals surface area contributed by atoms with Crippen LogP contribution in [-0.2, 0) is 15.8 Å². The summed E-state index contributed by atoms with van der Waals surface area (Å²) in [6.07, 6.45) is -4.54. The van der Waals surface area contributed by atoms with Crippen LogP contribution in [0, 0.1) is 0 Å². The highest BCUT2D eigenvalue weighted by Gasteiger charge is 2.40. The molecule has 1 heterocycles. The van der Waals surface area contributed by atoms with Gasteiger partial charge in [0, 0.05) is 11.1 Å². The van der Waals surface area contributed by atoms with E-state index in [1.165, 1.54) is 12.1 Å². The lowest BCUT2D eigenvalue weighted by Crippen LogP contribution is -2.32. The van der Waals surface area contributed by atoms with E-state index in [1.807, 2.05) is 18.2 Å². The molecule has 146 valence electrons. The van der Waals surface area contributed by atoms with Gasteiger partial charge in [-0.2, -0.15) is 13.2 Å². The number of carbonyl (C=O) groups is 2. The summed E-state index contributed by atoms with van der Waals surface area (Å²) < 4.78 is 38.8. The van der Waals surface area contributed by atoms with Gasteiger partial charge >= 0.3 is 6.18 Å². The predicted octanol–water partition coefficient (Wildman–Crippen LogP) is 5.29. The minimum Gasteiger partial charge on any atom is -0.350 e. The number of hydrogen-bond donors (Lipinski definition) is 1. The molecule has 4 nitrogen and oxygen atoms in total. The first-order valence-corrected chi connectivity index (χ1v) is 8.86. The van der Waals surface area contributed by atoms with Crippen LogP contribution in [0.4, 0.5) is 24.5 Å². The third-order valence-corrected chi connectivity index (χ3v) is 4.84. The maximum atomic E-state index is 12.9. The maximum Gasteiger partial charge on any atom is 0.416 e. The Morgan fingerprint density at radius 1 is 0.862 bits per heavy atom. The highest BCUT2D eigenvalue weighted by atomic mass is 35.5. The number of rotatable bonds is 3. The van der Waals surface area contributed by atoms with Crippen LogP contribution in [0.15, 0.2) is 77.5 Å². The van der Waals surface area contributed by atoms with Crippen LogP contribution in [0.3, 0.4) is 0 Å². The summed E-state index contributed by atoms with van der Waals surface area (Å²) in [6, 6.07) is 16.6. The van der Waals surface area contributed by atoms with Gasteiger partial charge in [0.1, 0.15) is 10.7 Å². The number of amides is 2. The zero-order valence-corrected chi connectivity index (χ0v) is 15.4. The average Bonchev–Trinajstić information content (AvgIpc) is 2.90. The average molecular weight is 417 g/mol. The van der Waals surface area contributed by atoms with Crippen LogP contribution in [0.1, 0.15) is 5.56 Å². The Morgan fingerprint density at radius 3 is 2.31 bits per heavy atom. The molecule has 3 aromatic carbocycles. The molecule has 0 spiro atoms. The molecule has 0 bridgehead atoms. The summed E-state index contributed by atoms with van der Waals surface area (Å²) in [5, 5.41) is 3.67. The zero-order valence-electron chi connectivity index (χ0n) is 14.6. The SMILES string of the molecule is O=C1C(Cl)=C(Nc2cccc(C(F)(F)F)c2)C(=O)N1c1cccc2ccccc12. The number of halogens is 4. The van der Waals surface area contributed by atoms with Crippen molar-refractivity contribution in [3.8, 4) is 0 Å². The number of nitrogens with one attached hydrogen (secondary N) is 1. The second-order valence-corrected chi connectivity index (χ2v) is 6.71. The van der Waals surface area contributed by atoms with E-state index < -0.39 is 23.6 Å². The van der Waals surface area contributed by atoms with Crippen molar-refractivity contribution in [2.75, 3.05) is 10.2 Å². The van der Waals surface area contributed by atoms with Crippen LogP contribution >= 0.6 is 11.6 Å². The highest BCUT2D eigenvalue weighted by Crippen LogP contribution is 2.35. The molecule has 0 aromatic heterocycles. The van der Waals surface area contributed by atoms with Gasteiger partial charge in [-0.15, -0.1) is 0 Å². The molecule has 0 aliphatic carbocycles. The standard InChI is InChI=1S/C21H12ClF3N2O2/c22-17-18(26-14-8-4-7-13(11-14)21(23,24)25)20(29)27(19(17)28)16-10-3-6-12-5-1-2-9-15(12)16/h1-11,26H. The molecule has 1 aliphatic heterocycles. The summed E-state index contributed by atoms with van der Waals surface area (Å²) in [4.78, 5) is 26.5. The Balaban J connectivity index is 1.71. The van der Waals surface area contributed by atoms with Crippen molar-refractivity contribution in [1.82, 2.24) is 0 Å². The molecule has 2 amide bonds. The summed E-state index contributed by atoms with van der Waals surface area (Å²) in [6.45, 7) is 0. The fourth-order valence-electron chi connectivity index (χ4n) is 3.15. The molecule has 1 N–H and O–H groups in total. The topological polar surface area (TPSA) is 49.4 Å². The van der Waals surface area contributed by atoms with Crippen molar-refractivity contribution >= 4 is 45.6 Å². The largest absolute Gasteiger partial charge is 0.416 e. The van der Waals surface area contributed by atoms with Crippen molar-refractivity contribution in [1.29, 1.82) is 0 Å². The number of anilines is 2. The molecular formula is C21H12ClF3N2O2. The molecule has 0 saturated carbocycles. The van der Waals surface area contributed by atoms with Crippen molar-refractivity contribution < 1.29 is 22.8 Å². The number of imide groups is 1. The van der Waals surface area contributed by atoms with Crippen molar-refractivity contribution in [3.05, 3.63) is 83.0 Å². The third kappa shape index (κ3) is 3.34. The van der Waals surface area contributed by atoms with Crippen molar-refractivity contribution in [3.63, 3.8) is 0 Å². The highest BCUT2D eigenvalue weighted by molar-refractivity contribution is 6.53. The Kier molecular flexibility index (Phi) is 4.55. The third-order valence-electron chi connectivity index (χ3n) is 4.49. The lowest BCUT2D eigenvalue weighted by Gasteiger charge is -2.17. The molecule has 0 unspecified atom stereocenters. The first-order valence-electron chi connectivity index (χ1n) is 8.48. The number of nitrogens with zero attached hydrogens (tertiary/aromatic N) is 1. The quantitative estimate of drug-likeness (QED) is 0.590. The van der Waals surface area contributed by atoms with Gasteiger partial charge in [0.15, 0.2) is 0 Å². The van der Waals surface area contributed by atoms with E-state index in [2.05, 4.69) is 5.32 Å².